The normalized spacial score (nSPS) is 20.5. The van der Waals surface area contributed by atoms with Gasteiger partial charge in [0.05, 0.1) is 25.4 Å². The molecule has 0 aromatic heterocycles. The Hall–Kier alpha value is -1.46. The molecule has 1 saturated heterocycles. The standard InChI is InChI=1S/C53H101NO12S/c1-3-5-7-9-10-11-12-13-14-15-16-17-18-19-20-21-22-23-24-25-26-27-28-29-30-31-32-33-34-35-36-37-38-40-42-47(57)52(60)54-45(46(56)41-39-8-6-4-2)44-64-53-50(59)51(66-67(61,62)63)49(58)48(43-55)65-53/h18-19,21-22,45-51,53,55-59H,3-17,20,23-44H2,1-2H3,(H,54,60)(H,61,62,63)/b19-18-,22-21-. The molecule has 67 heavy (non-hydrogen) atoms. The average molecular weight is 976 g/mol. The van der Waals surface area contributed by atoms with Gasteiger partial charge in [-0.25, -0.2) is 4.18 Å². The lowest BCUT2D eigenvalue weighted by atomic mass is 9.99. The van der Waals surface area contributed by atoms with E-state index in [0.717, 1.165) is 44.9 Å². The summed E-state index contributed by atoms with van der Waals surface area (Å²) in [6.07, 6.45) is 40.8. The maximum absolute atomic E-state index is 13.0. The summed E-state index contributed by atoms with van der Waals surface area (Å²) in [4.78, 5) is 13.0. The number of rotatable bonds is 47. The van der Waals surface area contributed by atoms with Crippen molar-refractivity contribution in [3.63, 3.8) is 0 Å². The molecular formula is C53H101NO12S. The van der Waals surface area contributed by atoms with Crippen molar-refractivity contribution in [2.45, 2.75) is 294 Å². The van der Waals surface area contributed by atoms with Gasteiger partial charge in [0, 0.05) is 0 Å². The van der Waals surface area contributed by atoms with Crippen molar-refractivity contribution >= 4 is 16.3 Å². The number of allylic oxidation sites excluding steroid dienone is 4. The number of carbonyl (C=O) groups excluding carboxylic acids is 1. The smallest absolute Gasteiger partial charge is 0.394 e. The minimum atomic E-state index is -5.10. The molecule has 1 fully saturated rings. The topological polar surface area (TPSA) is 212 Å². The zero-order valence-electron chi connectivity index (χ0n) is 42.3. The molecule has 1 aliphatic heterocycles. The second-order valence-corrected chi connectivity index (χ2v) is 20.4. The van der Waals surface area contributed by atoms with E-state index < -0.39 is 78.5 Å². The number of amides is 1. The van der Waals surface area contributed by atoms with Gasteiger partial charge in [0.2, 0.25) is 5.91 Å². The highest BCUT2D eigenvalue weighted by Gasteiger charge is 2.48. The lowest BCUT2D eigenvalue weighted by molar-refractivity contribution is -0.298. The van der Waals surface area contributed by atoms with Crippen molar-refractivity contribution in [1.29, 1.82) is 0 Å². The van der Waals surface area contributed by atoms with Crippen LogP contribution in [-0.4, -0.2) is 107 Å². The number of nitrogens with one attached hydrogen (secondary N) is 1. The van der Waals surface area contributed by atoms with Crippen LogP contribution in [0.3, 0.4) is 0 Å². The molecule has 0 aromatic carbocycles. The Balaban J connectivity index is 2.10. The van der Waals surface area contributed by atoms with Gasteiger partial charge in [-0.05, 0) is 44.9 Å². The molecule has 0 saturated carbocycles. The van der Waals surface area contributed by atoms with Crippen LogP contribution in [0, 0.1) is 0 Å². The van der Waals surface area contributed by atoms with Crippen LogP contribution in [0.4, 0.5) is 0 Å². The number of ether oxygens (including phenoxy) is 2. The zero-order chi connectivity index (χ0) is 49.2. The Morgan fingerprint density at radius 2 is 1.00 bits per heavy atom. The van der Waals surface area contributed by atoms with Crippen LogP contribution in [0.2, 0.25) is 0 Å². The third kappa shape index (κ3) is 35.3. The van der Waals surface area contributed by atoms with Crippen LogP contribution in [0.1, 0.15) is 245 Å². The number of aliphatic hydroxyl groups is 5. The highest BCUT2D eigenvalue weighted by atomic mass is 32.3. The summed E-state index contributed by atoms with van der Waals surface area (Å²) in [6.45, 7) is 3.14. The molecule has 0 radical (unpaired) electrons. The first kappa shape index (κ1) is 63.6. The molecule has 13 nitrogen and oxygen atoms in total. The Kier molecular flexibility index (Phi) is 41.1. The summed E-state index contributed by atoms with van der Waals surface area (Å²) in [6, 6.07) is -1.03. The van der Waals surface area contributed by atoms with E-state index in [9.17, 15) is 38.7 Å². The summed E-state index contributed by atoms with van der Waals surface area (Å²) in [5.74, 6) is -0.676. The van der Waals surface area contributed by atoms with Crippen LogP contribution in [0.25, 0.3) is 0 Å². The molecule has 14 heteroatoms. The summed E-state index contributed by atoms with van der Waals surface area (Å²) < 4.78 is 47.3. The summed E-state index contributed by atoms with van der Waals surface area (Å²) in [5.41, 5.74) is 0. The summed E-state index contributed by atoms with van der Waals surface area (Å²) in [5, 5.41) is 54.9. The van der Waals surface area contributed by atoms with E-state index in [0.29, 0.717) is 19.3 Å². The van der Waals surface area contributed by atoms with Gasteiger partial charge in [0.25, 0.3) is 0 Å². The monoisotopic (exact) mass is 976 g/mol. The van der Waals surface area contributed by atoms with E-state index in [2.05, 4.69) is 47.7 Å². The molecule has 8 unspecified atom stereocenters. The van der Waals surface area contributed by atoms with Crippen LogP contribution in [0.5, 0.6) is 0 Å². The van der Waals surface area contributed by atoms with E-state index in [4.69, 9.17) is 14.0 Å². The molecule has 1 heterocycles. The molecule has 1 amide bonds. The van der Waals surface area contributed by atoms with Gasteiger partial charge in [0.15, 0.2) is 6.29 Å². The molecule has 0 aromatic rings. The van der Waals surface area contributed by atoms with Crippen molar-refractivity contribution in [3.8, 4) is 0 Å². The molecule has 7 N–H and O–H groups in total. The number of hydrogen-bond donors (Lipinski definition) is 7. The minimum absolute atomic E-state index is 0.260. The van der Waals surface area contributed by atoms with Crippen molar-refractivity contribution in [2.24, 2.45) is 0 Å². The van der Waals surface area contributed by atoms with Gasteiger partial charge in [0.1, 0.15) is 30.5 Å². The first-order chi connectivity index (χ1) is 32.4. The van der Waals surface area contributed by atoms with Crippen LogP contribution in [-0.2, 0) is 28.9 Å². The van der Waals surface area contributed by atoms with Gasteiger partial charge < -0.3 is 40.3 Å². The van der Waals surface area contributed by atoms with E-state index in [-0.39, 0.29) is 6.42 Å². The average Bonchev–Trinajstić information content (AvgIpc) is 3.30. The van der Waals surface area contributed by atoms with E-state index in [1.807, 2.05) is 0 Å². The van der Waals surface area contributed by atoms with Crippen molar-refractivity contribution in [2.75, 3.05) is 13.2 Å². The second kappa shape index (κ2) is 43.3. The molecule has 0 spiro atoms. The maximum atomic E-state index is 13.0. The predicted molar refractivity (Wildman–Crippen MR) is 270 cm³/mol. The quantitative estimate of drug-likeness (QED) is 0.0172. The highest BCUT2D eigenvalue weighted by molar-refractivity contribution is 7.80. The fourth-order valence-electron chi connectivity index (χ4n) is 8.79. The van der Waals surface area contributed by atoms with Gasteiger partial charge >= 0.3 is 10.4 Å². The molecular weight excluding hydrogens is 875 g/mol. The Morgan fingerprint density at radius 3 is 1.43 bits per heavy atom. The van der Waals surface area contributed by atoms with Crippen LogP contribution >= 0.6 is 0 Å². The zero-order valence-corrected chi connectivity index (χ0v) is 43.2. The molecule has 0 aliphatic carbocycles. The number of carbonyl (C=O) groups is 1. The number of aliphatic hydroxyl groups excluding tert-OH is 5. The second-order valence-electron chi connectivity index (χ2n) is 19.3. The first-order valence-corrected chi connectivity index (χ1v) is 28.7. The lowest BCUT2D eigenvalue weighted by Crippen LogP contribution is -2.61. The van der Waals surface area contributed by atoms with Gasteiger partial charge in [-0.3, -0.25) is 9.35 Å². The van der Waals surface area contributed by atoms with E-state index >= 15 is 0 Å². The maximum Gasteiger partial charge on any atom is 0.397 e. The molecule has 396 valence electrons. The van der Waals surface area contributed by atoms with Crippen molar-refractivity contribution in [3.05, 3.63) is 24.3 Å². The summed E-state index contributed by atoms with van der Waals surface area (Å²) >= 11 is 0. The predicted octanol–water partition coefficient (Wildman–Crippen LogP) is 11.0. The Labute approximate surface area is 408 Å². The van der Waals surface area contributed by atoms with Gasteiger partial charge in [-0.15, -0.1) is 0 Å². The van der Waals surface area contributed by atoms with E-state index in [1.54, 1.807) is 0 Å². The third-order valence-corrected chi connectivity index (χ3v) is 13.6. The Bertz CT molecular complexity index is 1300. The van der Waals surface area contributed by atoms with E-state index in [1.165, 1.54) is 161 Å². The first-order valence-electron chi connectivity index (χ1n) is 27.3. The van der Waals surface area contributed by atoms with Crippen LogP contribution in [0.15, 0.2) is 24.3 Å². The third-order valence-electron chi connectivity index (χ3n) is 13.1. The van der Waals surface area contributed by atoms with Crippen molar-refractivity contribution in [1.82, 2.24) is 5.32 Å². The Morgan fingerprint density at radius 1 is 0.597 bits per heavy atom. The number of unbranched alkanes of at least 4 members (excludes halogenated alkanes) is 30. The minimum Gasteiger partial charge on any atom is -0.394 e. The lowest BCUT2D eigenvalue weighted by Gasteiger charge is -2.41. The fraction of sp³-hybridized carbons (Fsp3) is 0.906. The molecule has 0 bridgehead atoms. The van der Waals surface area contributed by atoms with Gasteiger partial charge in [-0.2, -0.15) is 8.42 Å². The molecule has 1 aliphatic rings. The fourth-order valence-corrected chi connectivity index (χ4v) is 9.30. The highest BCUT2D eigenvalue weighted by Crippen LogP contribution is 2.26. The summed E-state index contributed by atoms with van der Waals surface area (Å²) in [7, 11) is -5.10. The van der Waals surface area contributed by atoms with Gasteiger partial charge in [-0.1, -0.05) is 224 Å². The number of hydrogen-bond acceptors (Lipinski definition) is 11. The molecule has 1 rings (SSSR count). The van der Waals surface area contributed by atoms with Crippen molar-refractivity contribution < 1.29 is 57.0 Å². The SMILES string of the molecule is CCCCCCCCCCCCC/C=C\C/C=C\CCCCCCCCCCCCCCCCCCC(O)C(=O)NC(COC1OC(CO)C(O)C(OS(=O)(=O)O)C1O)C(O)CCCCCC. The largest absolute Gasteiger partial charge is 0.397 e. The van der Waals surface area contributed by atoms with Crippen LogP contribution < -0.4 is 5.32 Å². The molecule has 8 atom stereocenters.